The van der Waals surface area contributed by atoms with Gasteiger partial charge in [0.15, 0.2) is 0 Å². The summed E-state index contributed by atoms with van der Waals surface area (Å²) in [5.74, 6) is -0.412. The van der Waals surface area contributed by atoms with E-state index in [0.717, 1.165) is 19.5 Å². The van der Waals surface area contributed by atoms with Crippen LogP contribution in [0.4, 0.5) is 10.1 Å². The molecule has 1 saturated heterocycles. The van der Waals surface area contributed by atoms with Crippen molar-refractivity contribution in [1.82, 2.24) is 5.32 Å². The standard InChI is InChI=1S/C18H19FN2O/c19-17-9-5-4-8-16(17)18(22)20-12-14-10-11-21(13-14)15-6-2-1-3-7-15/h1-9,14H,10-13H2,(H,20,22). The molecule has 0 spiro atoms. The van der Waals surface area contributed by atoms with E-state index in [1.807, 2.05) is 18.2 Å². The van der Waals surface area contributed by atoms with Crippen LogP contribution in [0.25, 0.3) is 0 Å². The molecule has 3 rings (SSSR count). The maximum absolute atomic E-state index is 13.6. The van der Waals surface area contributed by atoms with E-state index in [0.29, 0.717) is 12.5 Å². The molecule has 22 heavy (non-hydrogen) atoms. The van der Waals surface area contributed by atoms with Crippen molar-refractivity contribution in [1.29, 1.82) is 0 Å². The molecule has 3 nitrogen and oxygen atoms in total. The molecule has 4 heteroatoms. The number of carbonyl (C=O) groups excluding carboxylic acids is 1. The smallest absolute Gasteiger partial charge is 0.254 e. The topological polar surface area (TPSA) is 32.3 Å². The summed E-state index contributed by atoms with van der Waals surface area (Å²) in [4.78, 5) is 14.3. The van der Waals surface area contributed by atoms with Gasteiger partial charge in [-0.3, -0.25) is 4.79 Å². The Labute approximate surface area is 129 Å². The number of amides is 1. The Morgan fingerprint density at radius 3 is 2.64 bits per heavy atom. The number of nitrogens with one attached hydrogen (secondary N) is 1. The van der Waals surface area contributed by atoms with Crippen molar-refractivity contribution in [2.75, 3.05) is 24.5 Å². The highest BCUT2D eigenvalue weighted by Crippen LogP contribution is 2.23. The summed E-state index contributed by atoms with van der Waals surface area (Å²) in [6.07, 6.45) is 1.03. The molecule has 1 aliphatic heterocycles. The van der Waals surface area contributed by atoms with E-state index in [2.05, 4.69) is 22.3 Å². The molecule has 0 saturated carbocycles. The summed E-state index contributed by atoms with van der Waals surface area (Å²) in [6.45, 7) is 2.49. The first kappa shape index (κ1) is 14.6. The zero-order valence-electron chi connectivity index (χ0n) is 12.3. The van der Waals surface area contributed by atoms with Crippen LogP contribution in [0.3, 0.4) is 0 Å². The van der Waals surface area contributed by atoms with E-state index in [4.69, 9.17) is 0 Å². The Balaban J connectivity index is 1.53. The predicted molar refractivity (Wildman–Crippen MR) is 85.5 cm³/mol. The van der Waals surface area contributed by atoms with Gasteiger partial charge in [0.05, 0.1) is 5.56 Å². The lowest BCUT2D eigenvalue weighted by molar-refractivity contribution is 0.0944. The quantitative estimate of drug-likeness (QED) is 0.941. The average Bonchev–Trinajstić information content (AvgIpc) is 3.03. The lowest BCUT2D eigenvalue weighted by Gasteiger charge is -2.18. The second-order valence-corrected chi connectivity index (χ2v) is 5.63. The van der Waals surface area contributed by atoms with E-state index >= 15 is 0 Å². The minimum atomic E-state index is -0.475. The minimum absolute atomic E-state index is 0.111. The SMILES string of the molecule is O=C(NCC1CCN(c2ccccc2)C1)c1ccccc1F. The lowest BCUT2D eigenvalue weighted by atomic mass is 10.1. The number of benzene rings is 2. The van der Waals surface area contributed by atoms with Gasteiger partial charge in [-0.05, 0) is 36.6 Å². The Bertz CT molecular complexity index is 645. The number of rotatable bonds is 4. The first-order valence-electron chi connectivity index (χ1n) is 7.57. The number of nitrogens with zero attached hydrogens (tertiary/aromatic N) is 1. The highest BCUT2D eigenvalue weighted by molar-refractivity contribution is 5.94. The van der Waals surface area contributed by atoms with E-state index in [1.54, 1.807) is 12.1 Å². The largest absolute Gasteiger partial charge is 0.371 e. The fourth-order valence-electron chi connectivity index (χ4n) is 2.85. The van der Waals surface area contributed by atoms with Crippen LogP contribution >= 0.6 is 0 Å². The van der Waals surface area contributed by atoms with E-state index in [-0.39, 0.29) is 11.5 Å². The Hall–Kier alpha value is -2.36. The van der Waals surface area contributed by atoms with Crippen LogP contribution in [0, 0.1) is 11.7 Å². The second-order valence-electron chi connectivity index (χ2n) is 5.63. The highest BCUT2D eigenvalue weighted by Gasteiger charge is 2.23. The van der Waals surface area contributed by atoms with Crippen LogP contribution in [0.1, 0.15) is 16.8 Å². The summed E-state index contributed by atoms with van der Waals surface area (Å²) in [6, 6.07) is 16.3. The average molecular weight is 298 g/mol. The Kier molecular flexibility index (Phi) is 4.37. The molecule has 1 amide bonds. The number of halogens is 1. The van der Waals surface area contributed by atoms with Gasteiger partial charge in [0.25, 0.3) is 5.91 Å². The van der Waals surface area contributed by atoms with Gasteiger partial charge in [-0.15, -0.1) is 0 Å². The molecule has 0 aliphatic carbocycles. The van der Waals surface area contributed by atoms with Crippen LogP contribution in [0.5, 0.6) is 0 Å². The van der Waals surface area contributed by atoms with Gasteiger partial charge in [0.2, 0.25) is 0 Å². The number of anilines is 1. The fraction of sp³-hybridized carbons (Fsp3) is 0.278. The first-order chi connectivity index (χ1) is 10.7. The van der Waals surface area contributed by atoms with Crippen LogP contribution in [0.2, 0.25) is 0 Å². The van der Waals surface area contributed by atoms with Gasteiger partial charge >= 0.3 is 0 Å². The highest BCUT2D eigenvalue weighted by atomic mass is 19.1. The van der Waals surface area contributed by atoms with Gasteiger partial charge in [0.1, 0.15) is 5.82 Å². The minimum Gasteiger partial charge on any atom is -0.371 e. The monoisotopic (exact) mass is 298 g/mol. The van der Waals surface area contributed by atoms with Gasteiger partial charge in [-0.2, -0.15) is 0 Å². The molecular formula is C18H19FN2O. The van der Waals surface area contributed by atoms with Gasteiger partial charge < -0.3 is 10.2 Å². The maximum atomic E-state index is 13.6. The fourth-order valence-corrected chi connectivity index (χ4v) is 2.85. The van der Waals surface area contributed by atoms with Crippen LogP contribution in [-0.2, 0) is 0 Å². The summed E-state index contributed by atoms with van der Waals surface area (Å²) in [7, 11) is 0. The van der Waals surface area contributed by atoms with Crippen molar-refractivity contribution in [2.45, 2.75) is 6.42 Å². The van der Waals surface area contributed by atoms with Crippen LogP contribution < -0.4 is 10.2 Å². The number of carbonyl (C=O) groups is 1. The molecular weight excluding hydrogens is 279 g/mol. The predicted octanol–water partition coefficient (Wildman–Crippen LogP) is 3.08. The zero-order chi connectivity index (χ0) is 15.4. The molecule has 114 valence electrons. The lowest BCUT2D eigenvalue weighted by Crippen LogP contribution is -2.31. The van der Waals surface area contributed by atoms with Crippen molar-refractivity contribution in [3.63, 3.8) is 0 Å². The molecule has 0 bridgehead atoms. The Morgan fingerprint density at radius 2 is 1.86 bits per heavy atom. The molecule has 1 atom stereocenters. The van der Waals surface area contributed by atoms with E-state index in [9.17, 15) is 9.18 Å². The van der Waals surface area contributed by atoms with E-state index < -0.39 is 5.82 Å². The third kappa shape index (κ3) is 3.27. The summed E-state index contributed by atoms with van der Waals surface area (Å²) in [5, 5.41) is 2.85. The summed E-state index contributed by atoms with van der Waals surface area (Å²) < 4.78 is 13.6. The molecule has 0 radical (unpaired) electrons. The van der Waals surface area contributed by atoms with E-state index in [1.165, 1.54) is 17.8 Å². The molecule has 1 heterocycles. The number of hydrogen-bond acceptors (Lipinski definition) is 2. The number of hydrogen-bond donors (Lipinski definition) is 1. The maximum Gasteiger partial charge on any atom is 0.254 e. The molecule has 1 N–H and O–H groups in total. The van der Waals surface area contributed by atoms with Gasteiger partial charge in [-0.1, -0.05) is 30.3 Å². The van der Waals surface area contributed by atoms with Crippen molar-refractivity contribution in [2.24, 2.45) is 5.92 Å². The van der Waals surface area contributed by atoms with Gasteiger partial charge in [0, 0.05) is 25.3 Å². The molecule has 2 aromatic carbocycles. The summed E-state index contributed by atoms with van der Waals surface area (Å²) in [5.41, 5.74) is 1.32. The second kappa shape index (κ2) is 6.60. The summed E-state index contributed by atoms with van der Waals surface area (Å²) >= 11 is 0. The van der Waals surface area contributed by atoms with Crippen molar-refractivity contribution in [3.8, 4) is 0 Å². The van der Waals surface area contributed by atoms with Crippen LogP contribution in [-0.4, -0.2) is 25.5 Å². The molecule has 2 aromatic rings. The zero-order valence-corrected chi connectivity index (χ0v) is 12.3. The van der Waals surface area contributed by atoms with Crippen molar-refractivity contribution in [3.05, 3.63) is 66.0 Å². The third-order valence-corrected chi connectivity index (χ3v) is 4.08. The Morgan fingerprint density at radius 1 is 1.14 bits per heavy atom. The molecule has 1 unspecified atom stereocenters. The first-order valence-corrected chi connectivity index (χ1v) is 7.57. The normalized spacial score (nSPS) is 17.5. The van der Waals surface area contributed by atoms with Crippen molar-refractivity contribution >= 4 is 11.6 Å². The van der Waals surface area contributed by atoms with Gasteiger partial charge in [-0.25, -0.2) is 4.39 Å². The third-order valence-electron chi connectivity index (χ3n) is 4.08. The molecule has 1 fully saturated rings. The van der Waals surface area contributed by atoms with Crippen LogP contribution in [0.15, 0.2) is 54.6 Å². The van der Waals surface area contributed by atoms with Crippen molar-refractivity contribution < 1.29 is 9.18 Å². The number of para-hydroxylation sites is 1. The molecule has 1 aliphatic rings. The molecule has 0 aromatic heterocycles.